The molecule has 1 aromatic carbocycles. The molecule has 1 aliphatic rings. The molecular weight excluding hydrogens is 272 g/mol. The predicted molar refractivity (Wildman–Crippen MR) is 80.4 cm³/mol. The molecule has 1 aromatic rings. The van der Waals surface area contributed by atoms with E-state index in [2.05, 4.69) is 5.32 Å². The number of nitro benzene ring substituents is 1. The summed E-state index contributed by atoms with van der Waals surface area (Å²) in [5.74, 6) is 0.0692. The summed E-state index contributed by atoms with van der Waals surface area (Å²) in [7, 11) is 1.76. The molecular formula is C14H20N4O3. The fourth-order valence-electron chi connectivity index (χ4n) is 2.45. The normalized spacial score (nSPS) is 16.7. The lowest BCUT2D eigenvalue weighted by Gasteiger charge is -2.36. The number of carbonyl (C=O) groups excluding carboxylic acids is 1. The predicted octanol–water partition coefficient (Wildman–Crippen LogP) is 0.851. The first-order chi connectivity index (χ1) is 10.0. The van der Waals surface area contributed by atoms with Crippen molar-refractivity contribution in [3.63, 3.8) is 0 Å². The third kappa shape index (κ3) is 3.30. The summed E-state index contributed by atoms with van der Waals surface area (Å²) in [6.07, 6.45) is 0. The van der Waals surface area contributed by atoms with Crippen LogP contribution in [0, 0.1) is 10.1 Å². The molecule has 0 aliphatic carbocycles. The molecule has 21 heavy (non-hydrogen) atoms. The highest BCUT2D eigenvalue weighted by Crippen LogP contribution is 2.28. The van der Waals surface area contributed by atoms with Crippen LogP contribution in [0.1, 0.15) is 6.92 Å². The molecule has 1 saturated heterocycles. The largest absolute Gasteiger partial charge is 0.362 e. The highest BCUT2D eigenvalue weighted by molar-refractivity contribution is 5.81. The van der Waals surface area contributed by atoms with Crippen molar-refractivity contribution in [2.24, 2.45) is 0 Å². The first kappa shape index (κ1) is 15.2. The average molecular weight is 292 g/mol. The molecule has 0 saturated carbocycles. The van der Waals surface area contributed by atoms with Crippen LogP contribution in [0.3, 0.4) is 0 Å². The lowest BCUT2D eigenvalue weighted by molar-refractivity contribution is -0.384. The number of anilines is 1. The van der Waals surface area contributed by atoms with Gasteiger partial charge < -0.3 is 15.1 Å². The van der Waals surface area contributed by atoms with Crippen LogP contribution < -0.4 is 10.2 Å². The van der Waals surface area contributed by atoms with Gasteiger partial charge in [-0.05, 0) is 20.0 Å². The van der Waals surface area contributed by atoms with Crippen molar-refractivity contribution < 1.29 is 9.72 Å². The van der Waals surface area contributed by atoms with Crippen molar-refractivity contribution in [3.05, 3.63) is 34.4 Å². The second kappa shape index (κ2) is 6.53. The molecule has 0 bridgehead atoms. The molecule has 1 fully saturated rings. The highest BCUT2D eigenvalue weighted by Gasteiger charge is 2.26. The third-order valence-corrected chi connectivity index (χ3v) is 3.81. The smallest absolute Gasteiger partial charge is 0.292 e. The van der Waals surface area contributed by atoms with Gasteiger partial charge in [0.05, 0.1) is 11.0 Å². The molecule has 1 amide bonds. The van der Waals surface area contributed by atoms with Crippen molar-refractivity contribution in [2.75, 3.05) is 38.1 Å². The lowest BCUT2D eigenvalue weighted by atomic mass is 10.2. The zero-order valence-electron chi connectivity index (χ0n) is 12.3. The molecule has 7 nitrogen and oxygen atoms in total. The van der Waals surface area contributed by atoms with E-state index >= 15 is 0 Å². The van der Waals surface area contributed by atoms with Gasteiger partial charge in [-0.2, -0.15) is 0 Å². The number of carbonyl (C=O) groups is 1. The first-order valence-corrected chi connectivity index (χ1v) is 6.99. The fraction of sp³-hybridized carbons (Fsp3) is 0.500. The van der Waals surface area contributed by atoms with E-state index < -0.39 is 0 Å². The van der Waals surface area contributed by atoms with Crippen LogP contribution in [0.25, 0.3) is 0 Å². The molecule has 7 heteroatoms. The Morgan fingerprint density at radius 2 is 1.90 bits per heavy atom. The quantitative estimate of drug-likeness (QED) is 0.657. The summed E-state index contributed by atoms with van der Waals surface area (Å²) in [5, 5.41) is 14.0. The Morgan fingerprint density at radius 1 is 1.29 bits per heavy atom. The topological polar surface area (TPSA) is 78.7 Å². The lowest BCUT2D eigenvalue weighted by Crippen LogP contribution is -2.53. The number of likely N-dealkylation sites (N-methyl/N-ethyl adjacent to an activating group) is 1. The van der Waals surface area contributed by atoms with Crippen LogP contribution in [-0.2, 0) is 4.79 Å². The number of nitro groups is 1. The summed E-state index contributed by atoms with van der Waals surface area (Å²) in [6.45, 7) is 4.20. The van der Waals surface area contributed by atoms with Crippen LogP contribution in [0.5, 0.6) is 0 Å². The van der Waals surface area contributed by atoms with Crippen LogP contribution >= 0.6 is 0 Å². The standard InChI is InChI=1S/C14H20N4O3/c1-11(15-2)14(19)17-9-7-16(8-10-17)12-5-3-4-6-13(12)18(20)21/h3-6,11,15H,7-10H2,1-2H3. The number of amides is 1. The molecule has 0 radical (unpaired) electrons. The number of hydrogen-bond donors (Lipinski definition) is 1. The zero-order chi connectivity index (χ0) is 15.4. The Kier molecular flexibility index (Phi) is 4.74. The van der Waals surface area contributed by atoms with Crippen molar-refractivity contribution in [3.8, 4) is 0 Å². The SMILES string of the molecule is CNC(C)C(=O)N1CCN(c2ccccc2[N+](=O)[O-])CC1. The molecule has 1 aliphatic heterocycles. The Balaban J connectivity index is 2.05. The van der Waals surface area contributed by atoms with Gasteiger partial charge in [0, 0.05) is 32.2 Å². The van der Waals surface area contributed by atoms with E-state index in [0.717, 1.165) is 0 Å². The van der Waals surface area contributed by atoms with Gasteiger partial charge in [-0.25, -0.2) is 0 Å². The number of nitrogens with zero attached hydrogens (tertiary/aromatic N) is 3. The van der Waals surface area contributed by atoms with Crippen LogP contribution in [0.2, 0.25) is 0 Å². The van der Waals surface area contributed by atoms with E-state index in [4.69, 9.17) is 0 Å². The van der Waals surface area contributed by atoms with E-state index in [1.807, 2.05) is 11.8 Å². The van der Waals surface area contributed by atoms with E-state index in [-0.39, 0.29) is 22.6 Å². The number of para-hydroxylation sites is 2. The van der Waals surface area contributed by atoms with Gasteiger partial charge in [0.1, 0.15) is 5.69 Å². The van der Waals surface area contributed by atoms with Crippen LogP contribution in [0.15, 0.2) is 24.3 Å². The molecule has 0 aromatic heterocycles. The summed E-state index contributed by atoms with van der Waals surface area (Å²) < 4.78 is 0. The number of rotatable bonds is 4. The summed E-state index contributed by atoms with van der Waals surface area (Å²) in [4.78, 5) is 26.6. The minimum atomic E-state index is -0.365. The van der Waals surface area contributed by atoms with E-state index in [1.54, 1.807) is 30.1 Å². The second-order valence-corrected chi connectivity index (χ2v) is 5.07. The number of benzene rings is 1. The maximum absolute atomic E-state index is 12.1. The zero-order valence-corrected chi connectivity index (χ0v) is 12.3. The minimum absolute atomic E-state index is 0.0692. The molecule has 114 valence electrons. The monoisotopic (exact) mass is 292 g/mol. The Morgan fingerprint density at radius 3 is 2.48 bits per heavy atom. The summed E-state index contributed by atoms with van der Waals surface area (Å²) in [5.41, 5.74) is 0.733. The van der Waals surface area contributed by atoms with Crippen molar-refractivity contribution in [1.82, 2.24) is 10.2 Å². The van der Waals surface area contributed by atoms with Crippen LogP contribution in [-0.4, -0.2) is 55.0 Å². The van der Waals surface area contributed by atoms with E-state index in [9.17, 15) is 14.9 Å². The first-order valence-electron chi connectivity index (χ1n) is 6.99. The molecule has 1 unspecified atom stereocenters. The molecule has 1 atom stereocenters. The highest BCUT2D eigenvalue weighted by atomic mass is 16.6. The van der Waals surface area contributed by atoms with Crippen molar-refractivity contribution in [1.29, 1.82) is 0 Å². The fourth-order valence-corrected chi connectivity index (χ4v) is 2.45. The summed E-state index contributed by atoms with van der Waals surface area (Å²) in [6, 6.07) is 6.52. The van der Waals surface area contributed by atoms with Gasteiger partial charge in [-0.1, -0.05) is 12.1 Å². The van der Waals surface area contributed by atoms with Gasteiger partial charge in [0.2, 0.25) is 5.91 Å². The number of piperazine rings is 1. The maximum Gasteiger partial charge on any atom is 0.292 e. The Labute approximate surface area is 123 Å². The van der Waals surface area contributed by atoms with Gasteiger partial charge in [0.25, 0.3) is 5.69 Å². The molecule has 0 spiro atoms. The van der Waals surface area contributed by atoms with Gasteiger partial charge in [-0.15, -0.1) is 0 Å². The van der Waals surface area contributed by atoms with E-state index in [0.29, 0.717) is 31.9 Å². The number of nitrogens with one attached hydrogen (secondary N) is 1. The maximum atomic E-state index is 12.1. The van der Waals surface area contributed by atoms with Crippen LogP contribution in [0.4, 0.5) is 11.4 Å². The molecule has 2 rings (SSSR count). The Hall–Kier alpha value is -2.15. The molecule has 1 heterocycles. The Bertz CT molecular complexity index is 527. The minimum Gasteiger partial charge on any atom is -0.362 e. The van der Waals surface area contributed by atoms with E-state index in [1.165, 1.54) is 6.07 Å². The summed E-state index contributed by atoms with van der Waals surface area (Å²) >= 11 is 0. The van der Waals surface area contributed by atoms with Crippen molar-refractivity contribution in [2.45, 2.75) is 13.0 Å². The number of hydrogen-bond acceptors (Lipinski definition) is 5. The molecule has 1 N–H and O–H groups in total. The van der Waals surface area contributed by atoms with Crippen molar-refractivity contribution >= 4 is 17.3 Å². The average Bonchev–Trinajstić information content (AvgIpc) is 2.53. The van der Waals surface area contributed by atoms with Gasteiger partial charge in [0.15, 0.2) is 0 Å². The third-order valence-electron chi connectivity index (χ3n) is 3.81. The van der Waals surface area contributed by atoms with Gasteiger partial charge >= 0.3 is 0 Å². The van der Waals surface area contributed by atoms with Gasteiger partial charge in [-0.3, -0.25) is 14.9 Å². The second-order valence-electron chi connectivity index (χ2n) is 5.07.